The number of carbonyl (C=O) groups excluding carboxylic acids is 1. The fourth-order valence-corrected chi connectivity index (χ4v) is 3.93. The van der Waals surface area contributed by atoms with E-state index in [1.54, 1.807) is 0 Å². The van der Waals surface area contributed by atoms with Crippen LogP contribution in [0.2, 0.25) is 0 Å². The molecule has 0 aromatic heterocycles. The van der Waals surface area contributed by atoms with Gasteiger partial charge in [0, 0.05) is 6.54 Å². The van der Waals surface area contributed by atoms with Gasteiger partial charge >= 0.3 is 5.97 Å². The van der Waals surface area contributed by atoms with Crippen molar-refractivity contribution in [3.8, 4) is 0 Å². The summed E-state index contributed by atoms with van der Waals surface area (Å²) >= 11 is 0. The van der Waals surface area contributed by atoms with E-state index >= 15 is 0 Å². The normalized spacial score (nSPS) is 29.0. The Hall–Kier alpha value is -1.32. The van der Waals surface area contributed by atoms with Gasteiger partial charge in [0.1, 0.15) is 0 Å². The summed E-state index contributed by atoms with van der Waals surface area (Å²) in [6, 6.07) is 0. The summed E-state index contributed by atoms with van der Waals surface area (Å²) in [5.41, 5.74) is 0. The van der Waals surface area contributed by atoms with Gasteiger partial charge in [-0.15, -0.1) is 0 Å². The van der Waals surface area contributed by atoms with Gasteiger partial charge in [-0.05, 0) is 24.7 Å². The summed E-state index contributed by atoms with van der Waals surface area (Å²) in [5.74, 6) is -1.60. The van der Waals surface area contributed by atoms with E-state index in [9.17, 15) is 14.7 Å². The zero-order chi connectivity index (χ0) is 15.9. The maximum atomic E-state index is 12.3. The van der Waals surface area contributed by atoms with Crippen LogP contribution in [-0.2, 0) is 9.59 Å². The van der Waals surface area contributed by atoms with Crippen LogP contribution in [-0.4, -0.2) is 23.5 Å². The summed E-state index contributed by atoms with van der Waals surface area (Å²) in [5, 5.41) is 12.3. The maximum absolute atomic E-state index is 12.3. The average Bonchev–Trinajstić information content (AvgIpc) is 3.10. The monoisotopic (exact) mass is 307 g/mol. The second kappa shape index (κ2) is 8.35. The molecule has 0 aromatic rings. The molecule has 2 aliphatic carbocycles. The maximum Gasteiger partial charge on any atom is 0.307 e. The molecule has 2 N–H and O–H groups in total. The molecule has 22 heavy (non-hydrogen) atoms. The summed E-state index contributed by atoms with van der Waals surface area (Å²) in [6.07, 6.45) is 13.3. The molecule has 2 rings (SSSR count). The van der Waals surface area contributed by atoms with Crippen molar-refractivity contribution in [1.82, 2.24) is 5.32 Å². The first kappa shape index (κ1) is 17.0. The molecule has 0 spiro atoms. The number of allylic oxidation sites excluding steroid dienone is 2. The van der Waals surface area contributed by atoms with Crippen molar-refractivity contribution in [2.45, 2.75) is 58.3 Å². The van der Waals surface area contributed by atoms with E-state index in [4.69, 9.17) is 0 Å². The number of carboxylic acids is 1. The number of rotatable bonds is 10. The van der Waals surface area contributed by atoms with Gasteiger partial charge in [-0.25, -0.2) is 0 Å². The fraction of sp³-hybridized carbons (Fsp3) is 0.778. The predicted octanol–water partition coefficient (Wildman–Crippen LogP) is 3.38. The van der Waals surface area contributed by atoms with Crippen molar-refractivity contribution in [2.75, 3.05) is 6.54 Å². The molecule has 1 amide bonds. The van der Waals surface area contributed by atoms with Gasteiger partial charge in [0.05, 0.1) is 11.8 Å². The molecular formula is C18H29NO3. The lowest BCUT2D eigenvalue weighted by atomic mass is 9.82. The molecule has 4 nitrogen and oxygen atoms in total. The topological polar surface area (TPSA) is 66.4 Å². The second-order valence-corrected chi connectivity index (χ2v) is 6.75. The molecule has 4 unspecified atom stereocenters. The van der Waals surface area contributed by atoms with E-state index in [2.05, 4.69) is 12.2 Å². The number of hydrogen-bond donors (Lipinski definition) is 2. The lowest BCUT2D eigenvalue weighted by Gasteiger charge is -2.23. The highest BCUT2D eigenvalue weighted by Gasteiger charge is 2.51. The highest BCUT2D eigenvalue weighted by atomic mass is 16.4. The van der Waals surface area contributed by atoms with Crippen molar-refractivity contribution >= 4 is 11.9 Å². The zero-order valence-corrected chi connectivity index (χ0v) is 13.6. The van der Waals surface area contributed by atoms with Crippen molar-refractivity contribution in [2.24, 2.45) is 23.7 Å². The summed E-state index contributed by atoms with van der Waals surface area (Å²) < 4.78 is 0. The Morgan fingerprint density at radius 1 is 1.00 bits per heavy atom. The van der Waals surface area contributed by atoms with Gasteiger partial charge < -0.3 is 10.4 Å². The van der Waals surface area contributed by atoms with Crippen LogP contribution in [0.3, 0.4) is 0 Å². The number of carboxylic acid groups (broad SMARTS) is 1. The molecule has 0 aliphatic heterocycles. The summed E-state index contributed by atoms with van der Waals surface area (Å²) in [6.45, 7) is 2.89. The van der Waals surface area contributed by atoms with Crippen LogP contribution in [0.4, 0.5) is 0 Å². The van der Waals surface area contributed by atoms with Gasteiger partial charge in [-0.2, -0.15) is 0 Å². The first-order chi connectivity index (χ1) is 10.6. The van der Waals surface area contributed by atoms with Gasteiger partial charge in [-0.1, -0.05) is 57.6 Å². The molecule has 4 heteroatoms. The van der Waals surface area contributed by atoms with E-state index in [1.165, 1.54) is 32.1 Å². The molecule has 4 atom stereocenters. The average molecular weight is 307 g/mol. The third-order valence-corrected chi connectivity index (χ3v) is 5.13. The van der Waals surface area contributed by atoms with Crippen molar-refractivity contribution in [1.29, 1.82) is 0 Å². The number of aliphatic carboxylic acids is 1. The Bertz CT molecular complexity index is 419. The zero-order valence-electron chi connectivity index (χ0n) is 13.6. The van der Waals surface area contributed by atoms with Crippen LogP contribution >= 0.6 is 0 Å². The van der Waals surface area contributed by atoms with Crippen molar-refractivity contribution in [3.05, 3.63) is 12.2 Å². The Balaban J connectivity index is 1.65. The Morgan fingerprint density at radius 2 is 1.59 bits per heavy atom. The second-order valence-electron chi connectivity index (χ2n) is 6.75. The van der Waals surface area contributed by atoms with Crippen molar-refractivity contribution < 1.29 is 14.7 Å². The third-order valence-electron chi connectivity index (χ3n) is 5.13. The van der Waals surface area contributed by atoms with Crippen molar-refractivity contribution in [3.63, 3.8) is 0 Å². The Labute approximate surface area is 133 Å². The quantitative estimate of drug-likeness (QED) is 0.480. The smallest absolute Gasteiger partial charge is 0.307 e. The number of amides is 1. The number of carbonyl (C=O) groups is 2. The van der Waals surface area contributed by atoms with Crippen LogP contribution in [0.15, 0.2) is 12.2 Å². The van der Waals surface area contributed by atoms with Gasteiger partial charge in [0.15, 0.2) is 0 Å². The minimum atomic E-state index is -0.826. The number of nitrogens with one attached hydrogen (secondary N) is 1. The highest BCUT2D eigenvalue weighted by molar-refractivity contribution is 5.86. The first-order valence-electron chi connectivity index (χ1n) is 8.84. The summed E-state index contributed by atoms with van der Waals surface area (Å²) in [4.78, 5) is 23.7. The highest BCUT2D eigenvalue weighted by Crippen LogP contribution is 2.48. The number of fused-ring (bicyclic) bond motifs is 2. The van der Waals surface area contributed by atoms with Crippen LogP contribution in [0, 0.1) is 23.7 Å². The molecule has 0 saturated heterocycles. The van der Waals surface area contributed by atoms with Crippen LogP contribution in [0.25, 0.3) is 0 Å². The lowest BCUT2D eigenvalue weighted by molar-refractivity contribution is -0.147. The first-order valence-corrected chi connectivity index (χ1v) is 8.84. The Kier molecular flexibility index (Phi) is 6.47. The van der Waals surface area contributed by atoms with Crippen LogP contribution in [0.1, 0.15) is 58.3 Å². The van der Waals surface area contributed by atoms with Gasteiger partial charge in [0.25, 0.3) is 0 Å². The number of hydrogen-bond acceptors (Lipinski definition) is 2. The van der Waals surface area contributed by atoms with E-state index in [0.717, 1.165) is 19.3 Å². The molecule has 2 bridgehead atoms. The van der Waals surface area contributed by atoms with Crippen LogP contribution < -0.4 is 5.32 Å². The third kappa shape index (κ3) is 4.11. The largest absolute Gasteiger partial charge is 0.481 e. The fourth-order valence-electron chi connectivity index (χ4n) is 3.93. The molecule has 2 aliphatic rings. The minimum Gasteiger partial charge on any atom is -0.481 e. The SMILES string of the molecule is CCCCCCCCCNC(=O)C1C2C=CC(C2)C1C(=O)O. The van der Waals surface area contributed by atoms with Gasteiger partial charge in [-0.3, -0.25) is 9.59 Å². The van der Waals surface area contributed by atoms with E-state index in [0.29, 0.717) is 6.54 Å². The standard InChI is InChI=1S/C18H29NO3/c1-2-3-4-5-6-7-8-11-19-17(20)15-13-9-10-14(12-13)16(15)18(21)22/h9-10,13-16H,2-8,11-12H2,1H3,(H,19,20)(H,21,22). The van der Waals surface area contributed by atoms with E-state index in [-0.39, 0.29) is 23.7 Å². The van der Waals surface area contributed by atoms with Gasteiger partial charge in [0.2, 0.25) is 5.91 Å². The number of unbranched alkanes of at least 4 members (excludes halogenated alkanes) is 6. The molecule has 0 heterocycles. The summed E-state index contributed by atoms with van der Waals surface area (Å²) in [7, 11) is 0. The predicted molar refractivity (Wildman–Crippen MR) is 86.4 cm³/mol. The molecule has 0 radical (unpaired) electrons. The molecule has 124 valence electrons. The molecule has 0 aromatic carbocycles. The van der Waals surface area contributed by atoms with Crippen LogP contribution in [0.5, 0.6) is 0 Å². The molecule has 1 saturated carbocycles. The molecular weight excluding hydrogens is 278 g/mol. The molecule has 1 fully saturated rings. The lowest BCUT2D eigenvalue weighted by Crippen LogP contribution is -2.40. The minimum absolute atomic E-state index is 0.0526. The van der Waals surface area contributed by atoms with E-state index in [1.807, 2.05) is 12.2 Å². The van der Waals surface area contributed by atoms with E-state index < -0.39 is 11.9 Å². The Morgan fingerprint density at radius 3 is 2.23 bits per heavy atom.